The van der Waals surface area contributed by atoms with Crippen LogP contribution in [0.15, 0.2) is 42.5 Å². The molecule has 0 aliphatic rings. The molecule has 4 nitrogen and oxygen atoms in total. The van der Waals surface area contributed by atoms with Crippen molar-refractivity contribution >= 4 is 5.82 Å². The highest BCUT2D eigenvalue weighted by atomic mass is 15.0. The van der Waals surface area contributed by atoms with Gasteiger partial charge in [-0.3, -0.25) is 0 Å². The van der Waals surface area contributed by atoms with Crippen LogP contribution < -0.4 is 11.1 Å². The molecule has 0 spiro atoms. The van der Waals surface area contributed by atoms with Crippen LogP contribution in [0.3, 0.4) is 0 Å². The molecule has 1 aromatic carbocycles. The maximum atomic E-state index is 8.77. The number of anilines is 1. The summed E-state index contributed by atoms with van der Waals surface area (Å²) < 4.78 is 0. The smallest absolute Gasteiger partial charge is 0.142 e. The van der Waals surface area contributed by atoms with Crippen LogP contribution in [0.25, 0.3) is 0 Å². The Morgan fingerprint density at radius 2 is 1.89 bits per heavy atom. The summed E-state index contributed by atoms with van der Waals surface area (Å²) in [6.07, 6.45) is 0. The van der Waals surface area contributed by atoms with Crippen molar-refractivity contribution in [2.45, 2.75) is 13.1 Å². The second-order valence-corrected chi connectivity index (χ2v) is 3.85. The van der Waals surface area contributed by atoms with Crippen molar-refractivity contribution in [2.75, 3.05) is 5.32 Å². The van der Waals surface area contributed by atoms with Crippen molar-refractivity contribution in [1.29, 1.82) is 5.26 Å². The third-order valence-electron chi connectivity index (χ3n) is 2.66. The Kier molecular flexibility index (Phi) is 3.90. The zero-order chi connectivity index (χ0) is 12.8. The molecule has 4 heteroatoms. The summed E-state index contributed by atoms with van der Waals surface area (Å²) >= 11 is 0. The second kappa shape index (κ2) is 5.80. The average molecular weight is 238 g/mol. The molecule has 18 heavy (non-hydrogen) atoms. The van der Waals surface area contributed by atoms with Gasteiger partial charge >= 0.3 is 0 Å². The first-order chi connectivity index (χ1) is 8.83. The van der Waals surface area contributed by atoms with E-state index in [1.165, 1.54) is 0 Å². The minimum atomic E-state index is 0.409. The predicted octanol–water partition coefficient (Wildman–Crippen LogP) is 2.02. The maximum Gasteiger partial charge on any atom is 0.142 e. The molecule has 0 unspecified atom stereocenters. The van der Waals surface area contributed by atoms with Crippen LogP contribution in [-0.4, -0.2) is 4.98 Å². The standard InChI is InChI=1S/C14H14N4/c15-8-11-4-1-2-5-12(11)10-17-14-7-3-6-13(9-16)18-14/h1-7H,8,10,15H2,(H,17,18). The molecular weight excluding hydrogens is 224 g/mol. The molecule has 0 amide bonds. The highest BCUT2D eigenvalue weighted by molar-refractivity contribution is 5.40. The van der Waals surface area contributed by atoms with Crippen LogP contribution >= 0.6 is 0 Å². The molecule has 2 aromatic rings. The molecular formula is C14H14N4. The number of pyridine rings is 1. The number of benzene rings is 1. The molecule has 0 aliphatic carbocycles. The summed E-state index contributed by atoms with van der Waals surface area (Å²) in [7, 11) is 0. The summed E-state index contributed by atoms with van der Waals surface area (Å²) in [4.78, 5) is 4.16. The second-order valence-electron chi connectivity index (χ2n) is 3.85. The first-order valence-corrected chi connectivity index (χ1v) is 5.71. The number of nitriles is 1. The molecule has 2 rings (SSSR count). The third kappa shape index (κ3) is 2.84. The quantitative estimate of drug-likeness (QED) is 0.854. The van der Waals surface area contributed by atoms with Crippen LogP contribution in [0.4, 0.5) is 5.82 Å². The van der Waals surface area contributed by atoms with Crippen molar-refractivity contribution in [1.82, 2.24) is 4.98 Å². The van der Waals surface area contributed by atoms with Crippen LogP contribution in [0, 0.1) is 11.3 Å². The van der Waals surface area contributed by atoms with Crippen molar-refractivity contribution in [3.05, 3.63) is 59.3 Å². The zero-order valence-corrected chi connectivity index (χ0v) is 9.93. The van der Waals surface area contributed by atoms with Gasteiger partial charge in [-0.15, -0.1) is 0 Å². The minimum absolute atomic E-state index is 0.409. The van der Waals surface area contributed by atoms with E-state index in [0.29, 0.717) is 24.6 Å². The van der Waals surface area contributed by atoms with Crippen molar-refractivity contribution in [2.24, 2.45) is 5.73 Å². The topological polar surface area (TPSA) is 74.7 Å². The molecule has 1 heterocycles. The van der Waals surface area contributed by atoms with Crippen LogP contribution in [-0.2, 0) is 13.1 Å². The predicted molar refractivity (Wildman–Crippen MR) is 70.6 cm³/mol. The van der Waals surface area contributed by atoms with Gasteiger partial charge in [0.15, 0.2) is 0 Å². The summed E-state index contributed by atoms with van der Waals surface area (Å²) in [6.45, 7) is 1.17. The highest BCUT2D eigenvalue weighted by Crippen LogP contribution is 2.11. The number of nitrogens with two attached hydrogens (primary N) is 1. The molecule has 0 radical (unpaired) electrons. The van der Waals surface area contributed by atoms with Gasteiger partial charge in [0, 0.05) is 13.1 Å². The van der Waals surface area contributed by atoms with Gasteiger partial charge in [0.25, 0.3) is 0 Å². The van der Waals surface area contributed by atoms with Gasteiger partial charge in [-0.25, -0.2) is 4.98 Å². The third-order valence-corrected chi connectivity index (χ3v) is 2.66. The molecule has 0 aliphatic heterocycles. The Labute approximate surface area is 106 Å². The van der Waals surface area contributed by atoms with Crippen LogP contribution in [0.1, 0.15) is 16.8 Å². The summed E-state index contributed by atoms with van der Waals surface area (Å²) in [5.41, 5.74) is 8.34. The Balaban J connectivity index is 2.09. The monoisotopic (exact) mass is 238 g/mol. The molecule has 90 valence electrons. The first kappa shape index (κ1) is 12.1. The lowest BCUT2D eigenvalue weighted by atomic mass is 10.1. The number of nitrogens with one attached hydrogen (secondary N) is 1. The Bertz CT molecular complexity index is 572. The van der Waals surface area contributed by atoms with E-state index in [0.717, 1.165) is 11.1 Å². The fourth-order valence-electron chi connectivity index (χ4n) is 1.71. The van der Waals surface area contributed by atoms with Gasteiger partial charge in [0.2, 0.25) is 0 Å². The summed E-state index contributed by atoms with van der Waals surface area (Å²) in [6, 6.07) is 15.3. The number of hydrogen-bond acceptors (Lipinski definition) is 4. The van der Waals surface area contributed by atoms with Gasteiger partial charge in [-0.05, 0) is 23.3 Å². The van der Waals surface area contributed by atoms with Gasteiger partial charge < -0.3 is 11.1 Å². The van der Waals surface area contributed by atoms with E-state index in [1.807, 2.05) is 42.5 Å². The van der Waals surface area contributed by atoms with Gasteiger partial charge in [-0.1, -0.05) is 30.3 Å². The lowest BCUT2D eigenvalue weighted by molar-refractivity contribution is 1.00. The van der Waals surface area contributed by atoms with E-state index in [2.05, 4.69) is 10.3 Å². The van der Waals surface area contributed by atoms with E-state index in [1.54, 1.807) is 6.07 Å². The molecule has 0 saturated carbocycles. The number of aromatic nitrogens is 1. The van der Waals surface area contributed by atoms with E-state index in [4.69, 9.17) is 11.0 Å². The number of rotatable bonds is 4. The fourth-order valence-corrected chi connectivity index (χ4v) is 1.71. The lowest BCUT2D eigenvalue weighted by Gasteiger charge is -2.09. The molecule has 0 bridgehead atoms. The van der Waals surface area contributed by atoms with Crippen molar-refractivity contribution in [3.63, 3.8) is 0 Å². The maximum absolute atomic E-state index is 8.77. The lowest BCUT2D eigenvalue weighted by Crippen LogP contribution is -2.07. The number of hydrogen-bond donors (Lipinski definition) is 2. The average Bonchev–Trinajstić information content (AvgIpc) is 2.45. The Hall–Kier alpha value is -2.38. The van der Waals surface area contributed by atoms with Crippen LogP contribution in [0.5, 0.6) is 0 Å². The van der Waals surface area contributed by atoms with E-state index >= 15 is 0 Å². The molecule has 0 atom stereocenters. The SMILES string of the molecule is N#Cc1cccc(NCc2ccccc2CN)n1. The van der Waals surface area contributed by atoms with Gasteiger partial charge in [0.05, 0.1) is 0 Å². The molecule has 0 saturated heterocycles. The van der Waals surface area contributed by atoms with E-state index in [-0.39, 0.29) is 0 Å². The zero-order valence-electron chi connectivity index (χ0n) is 9.93. The summed E-state index contributed by atoms with van der Waals surface area (Å²) in [5.74, 6) is 0.695. The largest absolute Gasteiger partial charge is 0.366 e. The van der Waals surface area contributed by atoms with Crippen LogP contribution in [0.2, 0.25) is 0 Å². The van der Waals surface area contributed by atoms with E-state index < -0.39 is 0 Å². The first-order valence-electron chi connectivity index (χ1n) is 5.71. The highest BCUT2D eigenvalue weighted by Gasteiger charge is 2.01. The minimum Gasteiger partial charge on any atom is -0.366 e. The normalized spacial score (nSPS) is 9.78. The number of nitrogens with zero attached hydrogens (tertiary/aromatic N) is 2. The molecule has 0 fully saturated rings. The fraction of sp³-hybridized carbons (Fsp3) is 0.143. The van der Waals surface area contributed by atoms with E-state index in [9.17, 15) is 0 Å². The molecule has 3 N–H and O–H groups in total. The van der Waals surface area contributed by atoms with Gasteiger partial charge in [0.1, 0.15) is 17.6 Å². The Morgan fingerprint density at radius 1 is 1.11 bits per heavy atom. The summed E-state index contributed by atoms with van der Waals surface area (Å²) in [5, 5.41) is 12.0. The van der Waals surface area contributed by atoms with Crippen molar-refractivity contribution < 1.29 is 0 Å². The van der Waals surface area contributed by atoms with Crippen molar-refractivity contribution in [3.8, 4) is 6.07 Å². The molecule has 1 aromatic heterocycles. The van der Waals surface area contributed by atoms with Gasteiger partial charge in [-0.2, -0.15) is 5.26 Å². The Morgan fingerprint density at radius 3 is 2.61 bits per heavy atom.